The quantitative estimate of drug-likeness (QED) is 0.818. The summed E-state index contributed by atoms with van der Waals surface area (Å²) in [6.07, 6.45) is 0.435. The van der Waals surface area contributed by atoms with Gasteiger partial charge in [0.15, 0.2) is 5.82 Å². The summed E-state index contributed by atoms with van der Waals surface area (Å²) in [5, 5.41) is 4.06. The van der Waals surface area contributed by atoms with Gasteiger partial charge in [0.1, 0.15) is 0 Å². The monoisotopic (exact) mass is 315 g/mol. The molecule has 0 unspecified atom stereocenters. The molecule has 0 N–H and O–H groups in total. The normalized spacial score (nSPS) is 19.3. The maximum absolute atomic E-state index is 12.2. The molecule has 2 heterocycles. The largest absolute Gasteiger partial charge is 0.384 e. The smallest absolute Gasteiger partial charge is 0.231 e. The summed E-state index contributed by atoms with van der Waals surface area (Å²) in [5.41, 5.74) is 1.13. The molecule has 122 valence electrons. The number of rotatable bonds is 6. The summed E-state index contributed by atoms with van der Waals surface area (Å²) in [5.74, 6) is 1.37. The van der Waals surface area contributed by atoms with E-state index in [1.807, 2.05) is 42.2 Å². The lowest BCUT2D eigenvalue weighted by atomic mass is 10.1. The molecule has 6 nitrogen and oxygen atoms in total. The van der Waals surface area contributed by atoms with Crippen molar-refractivity contribution in [1.29, 1.82) is 0 Å². The van der Waals surface area contributed by atoms with Gasteiger partial charge in [-0.3, -0.25) is 4.79 Å². The van der Waals surface area contributed by atoms with E-state index in [0.717, 1.165) is 5.56 Å². The van der Waals surface area contributed by atoms with Crippen LogP contribution >= 0.6 is 0 Å². The van der Waals surface area contributed by atoms with Gasteiger partial charge in [-0.2, -0.15) is 4.98 Å². The van der Waals surface area contributed by atoms with E-state index in [9.17, 15) is 4.79 Å². The van der Waals surface area contributed by atoms with Crippen LogP contribution in [0.4, 0.5) is 0 Å². The van der Waals surface area contributed by atoms with Crippen LogP contribution in [0.3, 0.4) is 0 Å². The zero-order valence-electron chi connectivity index (χ0n) is 13.4. The molecule has 2 atom stereocenters. The second-order valence-electron chi connectivity index (χ2n) is 6.01. The molecule has 1 aliphatic heterocycles. The number of carbonyl (C=O) groups is 1. The van der Waals surface area contributed by atoms with Crippen LogP contribution in [0.1, 0.15) is 42.5 Å². The van der Waals surface area contributed by atoms with Gasteiger partial charge < -0.3 is 14.2 Å². The molecule has 1 fully saturated rings. The van der Waals surface area contributed by atoms with Crippen LogP contribution in [0.5, 0.6) is 0 Å². The van der Waals surface area contributed by atoms with Crippen LogP contribution < -0.4 is 0 Å². The Labute approximate surface area is 135 Å². The molecule has 1 aromatic heterocycles. The second kappa shape index (κ2) is 6.91. The third kappa shape index (κ3) is 3.59. The first-order valence-electron chi connectivity index (χ1n) is 7.81. The molecule has 1 aliphatic rings. The molecule has 0 radical (unpaired) electrons. The zero-order valence-corrected chi connectivity index (χ0v) is 13.4. The molecule has 1 saturated heterocycles. The minimum absolute atomic E-state index is 0.00143. The Morgan fingerprint density at radius 2 is 2.17 bits per heavy atom. The van der Waals surface area contributed by atoms with Crippen LogP contribution in [0, 0.1) is 0 Å². The van der Waals surface area contributed by atoms with E-state index < -0.39 is 0 Å². The average molecular weight is 315 g/mol. The van der Waals surface area contributed by atoms with Gasteiger partial charge in [-0.05, 0) is 5.56 Å². The number of amides is 1. The Kier molecular flexibility index (Phi) is 4.71. The Bertz CT molecular complexity index is 656. The molecule has 1 aromatic carbocycles. The Balaban J connectivity index is 1.65. The number of nitrogens with zero attached hydrogens (tertiary/aromatic N) is 3. The van der Waals surface area contributed by atoms with E-state index >= 15 is 0 Å². The number of methoxy groups -OCH3 is 1. The maximum Gasteiger partial charge on any atom is 0.231 e. The number of hydrogen-bond donors (Lipinski definition) is 0. The molecular formula is C17H21N3O3. The van der Waals surface area contributed by atoms with Crippen molar-refractivity contribution in [3.8, 4) is 0 Å². The highest BCUT2D eigenvalue weighted by Gasteiger charge is 2.34. The number of ether oxygens (including phenoxy) is 1. The predicted octanol–water partition coefficient (Wildman–Crippen LogP) is 2.34. The summed E-state index contributed by atoms with van der Waals surface area (Å²) in [4.78, 5) is 18.5. The highest BCUT2D eigenvalue weighted by atomic mass is 16.5. The van der Waals surface area contributed by atoms with Gasteiger partial charge in [0.2, 0.25) is 11.8 Å². The molecule has 1 amide bonds. The van der Waals surface area contributed by atoms with Crippen molar-refractivity contribution in [3.05, 3.63) is 47.6 Å². The molecule has 6 heteroatoms. The van der Waals surface area contributed by atoms with Crippen molar-refractivity contribution >= 4 is 5.91 Å². The first-order valence-corrected chi connectivity index (χ1v) is 7.81. The average Bonchev–Trinajstić information content (AvgIpc) is 3.16. The van der Waals surface area contributed by atoms with Crippen LogP contribution in [0.2, 0.25) is 0 Å². The van der Waals surface area contributed by atoms with Crippen molar-refractivity contribution in [2.24, 2.45) is 0 Å². The van der Waals surface area contributed by atoms with E-state index in [2.05, 4.69) is 10.1 Å². The summed E-state index contributed by atoms with van der Waals surface area (Å²) in [6, 6.07) is 9.99. The Morgan fingerprint density at radius 3 is 2.91 bits per heavy atom. The summed E-state index contributed by atoms with van der Waals surface area (Å²) < 4.78 is 10.4. The second-order valence-corrected chi connectivity index (χ2v) is 6.01. The molecule has 2 aromatic rings. The number of benzene rings is 1. The Hall–Kier alpha value is -2.21. The van der Waals surface area contributed by atoms with E-state index in [-0.39, 0.29) is 17.7 Å². The van der Waals surface area contributed by atoms with E-state index in [0.29, 0.717) is 37.8 Å². The highest BCUT2D eigenvalue weighted by molar-refractivity contribution is 5.79. The molecule has 0 aliphatic carbocycles. The van der Waals surface area contributed by atoms with Crippen molar-refractivity contribution in [2.45, 2.75) is 31.7 Å². The number of carbonyl (C=O) groups excluding carboxylic acids is 1. The van der Waals surface area contributed by atoms with E-state index in [4.69, 9.17) is 9.26 Å². The molecule has 0 bridgehead atoms. The summed E-state index contributed by atoms with van der Waals surface area (Å²) >= 11 is 0. The molecule has 3 rings (SSSR count). The van der Waals surface area contributed by atoms with Gasteiger partial charge in [0.25, 0.3) is 0 Å². The predicted molar refractivity (Wildman–Crippen MR) is 83.8 cm³/mol. The van der Waals surface area contributed by atoms with Crippen LogP contribution in [-0.2, 0) is 16.1 Å². The third-order valence-corrected chi connectivity index (χ3v) is 4.09. The maximum atomic E-state index is 12.2. The summed E-state index contributed by atoms with van der Waals surface area (Å²) in [7, 11) is 1.64. The fourth-order valence-electron chi connectivity index (χ4n) is 2.84. The molecule has 0 saturated carbocycles. The van der Waals surface area contributed by atoms with Crippen molar-refractivity contribution in [1.82, 2.24) is 15.0 Å². The minimum Gasteiger partial charge on any atom is -0.384 e. The van der Waals surface area contributed by atoms with Gasteiger partial charge in [-0.25, -0.2) is 0 Å². The lowest BCUT2D eigenvalue weighted by Crippen LogP contribution is -2.24. The first kappa shape index (κ1) is 15.7. The molecular weight excluding hydrogens is 294 g/mol. The lowest BCUT2D eigenvalue weighted by Gasteiger charge is -2.15. The fraction of sp³-hybridized carbons (Fsp3) is 0.471. The van der Waals surface area contributed by atoms with Crippen LogP contribution in [0.15, 0.2) is 34.9 Å². The van der Waals surface area contributed by atoms with Crippen molar-refractivity contribution in [2.75, 3.05) is 20.3 Å². The van der Waals surface area contributed by atoms with Crippen molar-refractivity contribution < 1.29 is 14.1 Å². The number of aromatic nitrogens is 2. The SMILES string of the molecule is COC[C@@H](C)c1nc([C@H]2CC(=O)N(Cc3ccccc3)C2)no1. The highest BCUT2D eigenvalue weighted by Crippen LogP contribution is 2.28. The van der Waals surface area contributed by atoms with Crippen LogP contribution in [-0.4, -0.2) is 41.2 Å². The topological polar surface area (TPSA) is 68.5 Å². The van der Waals surface area contributed by atoms with E-state index in [1.165, 1.54) is 0 Å². The standard InChI is InChI=1S/C17H21N3O3/c1-12(11-22-2)17-18-16(19-23-17)14-8-15(21)20(10-14)9-13-6-4-3-5-7-13/h3-7,12,14H,8-11H2,1-2H3/t12-,14+/m1/s1. The van der Waals surface area contributed by atoms with Gasteiger partial charge in [0, 0.05) is 32.5 Å². The van der Waals surface area contributed by atoms with Gasteiger partial charge in [0.05, 0.1) is 12.5 Å². The minimum atomic E-state index is -0.00143. The molecule has 23 heavy (non-hydrogen) atoms. The third-order valence-electron chi connectivity index (χ3n) is 4.09. The lowest BCUT2D eigenvalue weighted by molar-refractivity contribution is -0.128. The van der Waals surface area contributed by atoms with Gasteiger partial charge in [-0.15, -0.1) is 0 Å². The van der Waals surface area contributed by atoms with Gasteiger partial charge >= 0.3 is 0 Å². The number of hydrogen-bond acceptors (Lipinski definition) is 5. The summed E-state index contributed by atoms with van der Waals surface area (Å²) in [6.45, 7) is 3.76. The number of likely N-dealkylation sites (tertiary alicyclic amines) is 1. The van der Waals surface area contributed by atoms with Gasteiger partial charge in [-0.1, -0.05) is 42.4 Å². The van der Waals surface area contributed by atoms with Crippen molar-refractivity contribution in [3.63, 3.8) is 0 Å². The first-order chi connectivity index (χ1) is 11.2. The molecule has 0 spiro atoms. The van der Waals surface area contributed by atoms with Crippen LogP contribution in [0.25, 0.3) is 0 Å². The Morgan fingerprint density at radius 1 is 1.39 bits per heavy atom. The van der Waals surface area contributed by atoms with E-state index in [1.54, 1.807) is 7.11 Å². The zero-order chi connectivity index (χ0) is 16.2. The fourth-order valence-corrected chi connectivity index (χ4v) is 2.84.